The zero-order valence-corrected chi connectivity index (χ0v) is 10.9. The fourth-order valence-electron chi connectivity index (χ4n) is 1.92. The number of hydrogen-bond donors (Lipinski definition) is 1. The normalized spacial score (nSPS) is 15.1. The van der Waals surface area contributed by atoms with Gasteiger partial charge in [-0.15, -0.1) is 0 Å². The van der Waals surface area contributed by atoms with E-state index in [4.69, 9.17) is 0 Å². The number of nitrogens with one attached hydrogen (secondary N) is 1. The van der Waals surface area contributed by atoms with Gasteiger partial charge < -0.3 is 15.1 Å². The number of rotatable bonds is 6. The molecule has 0 aromatic rings. The first-order chi connectivity index (χ1) is 8.15. The van der Waals surface area contributed by atoms with Crippen molar-refractivity contribution in [3.05, 3.63) is 0 Å². The molecule has 17 heavy (non-hydrogen) atoms. The standard InChI is InChI=1S/C12H23N3O2/c1-3-13-7-6-11(16)14(2)10-12(17)15-8-4-5-9-15/h13H,3-10H2,1-2H3. The highest BCUT2D eigenvalue weighted by Crippen LogP contribution is 2.07. The molecular formula is C12H23N3O2. The first-order valence-corrected chi connectivity index (χ1v) is 6.37. The highest BCUT2D eigenvalue weighted by Gasteiger charge is 2.20. The number of hydrogen-bond acceptors (Lipinski definition) is 3. The van der Waals surface area contributed by atoms with Crippen LogP contribution in [0.2, 0.25) is 0 Å². The Morgan fingerprint density at radius 3 is 2.53 bits per heavy atom. The van der Waals surface area contributed by atoms with E-state index in [0.717, 1.165) is 32.5 Å². The Balaban J connectivity index is 2.24. The summed E-state index contributed by atoms with van der Waals surface area (Å²) >= 11 is 0. The summed E-state index contributed by atoms with van der Waals surface area (Å²) in [6.45, 7) is 5.45. The lowest BCUT2D eigenvalue weighted by Gasteiger charge is -2.21. The molecule has 1 aliphatic rings. The van der Waals surface area contributed by atoms with E-state index in [1.165, 1.54) is 4.90 Å². The minimum atomic E-state index is 0.0264. The van der Waals surface area contributed by atoms with Crippen molar-refractivity contribution in [3.63, 3.8) is 0 Å². The third-order valence-corrected chi connectivity index (χ3v) is 3.02. The molecule has 0 saturated carbocycles. The van der Waals surface area contributed by atoms with Crippen LogP contribution in [0.15, 0.2) is 0 Å². The monoisotopic (exact) mass is 241 g/mol. The predicted molar refractivity (Wildman–Crippen MR) is 66.6 cm³/mol. The smallest absolute Gasteiger partial charge is 0.242 e. The van der Waals surface area contributed by atoms with Crippen molar-refractivity contribution in [1.82, 2.24) is 15.1 Å². The van der Waals surface area contributed by atoms with Crippen LogP contribution in [0.5, 0.6) is 0 Å². The second-order valence-electron chi connectivity index (χ2n) is 4.44. The average molecular weight is 241 g/mol. The molecular weight excluding hydrogens is 218 g/mol. The summed E-state index contributed by atoms with van der Waals surface area (Å²) in [5.41, 5.74) is 0. The fourth-order valence-corrected chi connectivity index (χ4v) is 1.92. The lowest BCUT2D eigenvalue weighted by Crippen LogP contribution is -2.40. The van der Waals surface area contributed by atoms with E-state index in [1.54, 1.807) is 7.05 Å². The fraction of sp³-hybridized carbons (Fsp3) is 0.833. The number of carbonyl (C=O) groups is 2. The van der Waals surface area contributed by atoms with Gasteiger partial charge in [-0.25, -0.2) is 0 Å². The average Bonchev–Trinajstić information content (AvgIpc) is 2.82. The van der Waals surface area contributed by atoms with Crippen molar-refractivity contribution >= 4 is 11.8 Å². The second-order valence-corrected chi connectivity index (χ2v) is 4.44. The maximum absolute atomic E-state index is 11.8. The van der Waals surface area contributed by atoms with Gasteiger partial charge >= 0.3 is 0 Å². The molecule has 98 valence electrons. The second kappa shape index (κ2) is 7.27. The first-order valence-electron chi connectivity index (χ1n) is 6.37. The van der Waals surface area contributed by atoms with Crippen LogP contribution >= 0.6 is 0 Å². The molecule has 1 heterocycles. The molecule has 0 unspecified atom stereocenters. The zero-order valence-electron chi connectivity index (χ0n) is 10.9. The van der Waals surface area contributed by atoms with Crippen LogP contribution in [0.25, 0.3) is 0 Å². The molecule has 0 spiro atoms. The summed E-state index contributed by atoms with van der Waals surface area (Å²) in [6, 6.07) is 0. The summed E-state index contributed by atoms with van der Waals surface area (Å²) in [5.74, 6) is 0.0975. The molecule has 0 aromatic heterocycles. The molecule has 2 amide bonds. The molecule has 5 nitrogen and oxygen atoms in total. The van der Waals surface area contributed by atoms with Gasteiger partial charge in [0.05, 0.1) is 6.54 Å². The summed E-state index contributed by atoms with van der Waals surface area (Å²) in [7, 11) is 1.70. The third-order valence-electron chi connectivity index (χ3n) is 3.02. The molecule has 0 atom stereocenters. The Bertz CT molecular complexity index is 262. The molecule has 5 heteroatoms. The van der Waals surface area contributed by atoms with Crippen LogP contribution < -0.4 is 5.32 Å². The van der Waals surface area contributed by atoms with Gasteiger partial charge in [0.25, 0.3) is 0 Å². The molecule has 1 aliphatic heterocycles. The molecule has 0 aliphatic carbocycles. The maximum Gasteiger partial charge on any atom is 0.242 e. The van der Waals surface area contributed by atoms with Gasteiger partial charge in [-0.3, -0.25) is 9.59 Å². The van der Waals surface area contributed by atoms with Crippen LogP contribution in [-0.2, 0) is 9.59 Å². The van der Waals surface area contributed by atoms with Gasteiger partial charge in [0, 0.05) is 33.1 Å². The van der Waals surface area contributed by atoms with Gasteiger partial charge in [-0.05, 0) is 19.4 Å². The lowest BCUT2D eigenvalue weighted by molar-refractivity contribution is -0.138. The van der Waals surface area contributed by atoms with Crippen LogP contribution in [0, 0.1) is 0 Å². The molecule has 0 bridgehead atoms. The van der Waals surface area contributed by atoms with Crippen molar-refractivity contribution in [3.8, 4) is 0 Å². The van der Waals surface area contributed by atoms with Crippen LogP contribution in [0.4, 0.5) is 0 Å². The quantitative estimate of drug-likeness (QED) is 0.669. The Kier molecular flexibility index (Phi) is 5.97. The van der Waals surface area contributed by atoms with Gasteiger partial charge in [-0.1, -0.05) is 6.92 Å². The summed E-state index contributed by atoms with van der Waals surface area (Å²) < 4.78 is 0. The maximum atomic E-state index is 11.8. The van der Waals surface area contributed by atoms with Crippen molar-refractivity contribution in [1.29, 1.82) is 0 Å². The number of nitrogens with zero attached hydrogens (tertiary/aromatic N) is 2. The van der Waals surface area contributed by atoms with E-state index < -0.39 is 0 Å². The Morgan fingerprint density at radius 1 is 1.29 bits per heavy atom. The molecule has 1 fully saturated rings. The summed E-state index contributed by atoms with van der Waals surface area (Å²) in [6.07, 6.45) is 2.63. The van der Waals surface area contributed by atoms with Gasteiger partial charge in [-0.2, -0.15) is 0 Å². The highest BCUT2D eigenvalue weighted by molar-refractivity contribution is 5.84. The molecule has 1 N–H and O–H groups in total. The number of likely N-dealkylation sites (N-methyl/N-ethyl adjacent to an activating group) is 1. The van der Waals surface area contributed by atoms with Crippen LogP contribution in [-0.4, -0.2) is 61.4 Å². The van der Waals surface area contributed by atoms with E-state index in [1.807, 2.05) is 11.8 Å². The van der Waals surface area contributed by atoms with E-state index in [9.17, 15) is 9.59 Å². The minimum absolute atomic E-state index is 0.0264. The van der Waals surface area contributed by atoms with E-state index in [2.05, 4.69) is 5.32 Å². The number of likely N-dealkylation sites (tertiary alicyclic amines) is 1. The lowest BCUT2D eigenvalue weighted by atomic mass is 10.3. The zero-order chi connectivity index (χ0) is 12.7. The first kappa shape index (κ1) is 14.0. The van der Waals surface area contributed by atoms with Crippen molar-refractivity contribution < 1.29 is 9.59 Å². The molecule has 1 saturated heterocycles. The van der Waals surface area contributed by atoms with Crippen LogP contribution in [0.1, 0.15) is 26.2 Å². The topological polar surface area (TPSA) is 52.7 Å². The van der Waals surface area contributed by atoms with Gasteiger partial charge in [0.1, 0.15) is 0 Å². The van der Waals surface area contributed by atoms with E-state index in [-0.39, 0.29) is 18.4 Å². The van der Waals surface area contributed by atoms with E-state index in [0.29, 0.717) is 13.0 Å². The summed E-state index contributed by atoms with van der Waals surface area (Å²) in [5, 5.41) is 3.10. The Labute approximate surface area is 103 Å². The molecule has 1 rings (SSSR count). The SMILES string of the molecule is CCNCCC(=O)N(C)CC(=O)N1CCCC1. The van der Waals surface area contributed by atoms with Crippen molar-refractivity contribution in [2.45, 2.75) is 26.2 Å². The van der Waals surface area contributed by atoms with Crippen molar-refractivity contribution in [2.75, 3.05) is 39.8 Å². The predicted octanol–water partition coefficient (Wildman–Crippen LogP) is 0.0668. The highest BCUT2D eigenvalue weighted by atomic mass is 16.2. The summed E-state index contributed by atoms with van der Waals surface area (Å²) in [4.78, 5) is 26.9. The van der Waals surface area contributed by atoms with Crippen LogP contribution in [0.3, 0.4) is 0 Å². The largest absolute Gasteiger partial charge is 0.341 e. The Morgan fingerprint density at radius 2 is 1.94 bits per heavy atom. The minimum Gasteiger partial charge on any atom is -0.341 e. The van der Waals surface area contributed by atoms with Gasteiger partial charge in [0.2, 0.25) is 11.8 Å². The van der Waals surface area contributed by atoms with Crippen molar-refractivity contribution in [2.24, 2.45) is 0 Å². The molecule has 0 aromatic carbocycles. The number of carbonyl (C=O) groups excluding carboxylic acids is 2. The van der Waals surface area contributed by atoms with Gasteiger partial charge in [0.15, 0.2) is 0 Å². The molecule has 0 radical (unpaired) electrons. The Hall–Kier alpha value is -1.10. The number of amides is 2. The van der Waals surface area contributed by atoms with E-state index >= 15 is 0 Å². The third kappa shape index (κ3) is 4.73.